The fourth-order valence-corrected chi connectivity index (χ4v) is 4.90. The van der Waals surface area contributed by atoms with Crippen LogP contribution >= 0.6 is 22.9 Å². The molecule has 3 heterocycles. The average Bonchev–Trinajstić information content (AvgIpc) is 3.01. The van der Waals surface area contributed by atoms with E-state index >= 15 is 0 Å². The van der Waals surface area contributed by atoms with Gasteiger partial charge in [0.25, 0.3) is 0 Å². The van der Waals surface area contributed by atoms with Crippen molar-refractivity contribution in [2.24, 2.45) is 0 Å². The van der Waals surface area contributed by atoms with Crippen molar-refractivity contribution in [1.29, 1.82) is 0 Å². The molecule has 0 bridgehead atoms. The van der Waals surface area contributed by atoms with E-state index in [-0.39, 0.29) is 0 Å². The Morgan fingerprint density at radius 3 is 2.92 bits per heavy atom. The zero-order chi connectivity index (χ0) is 17.2. The normalized spacial score (nSPS) is 14.3. The molecular weight excluding hydrogens is 471 g/mol. The van der Waals surface area contributed by atoms with E-state index in [1.54, 1.807) is 11.3 Å². The summed E-state index contributed by atoms with van der Waals surface area (Å²) < 4.78 is 13.9. The summed E-state index contributed by atoms with van der Waals surface area (Å²) in [6.07, 6.45) is 3.55. The van der Waals surface area contributed by atoms with Crippen LogP contribution < -0.4 is 26.4 Å². The summed E-state index contributed by atoms with van der Waals surface area (Å²) in [6.45, 7) is 2.40. The number of hydrogen-bond donors (Lipinski definition) is 0. The second kappa shape index (κ2) is 7.31. The molecule has 0 N–H and O–H groups in total. The van der Waals surface area contributed by atoms with Crippen molar-refractivity contribution in [3.05, 3.63) is 68.0 Å². The van der Waals surface area contributed by atoms with Gasteiger partial charge in [0.2, 0.25) is 0 Å². The monoisotopic (exact) mass is 483 g/mol. The Kier molecular flexibility index (Phi) is 4.91. The van der Waals surface area contributed by atoms with Crippen molar-refractivity contribution in [2.75, 3.05) is 6.61 Å². The van der Waals surface area contributed by atoms with Crippen LogP contribution in [0.1, 0.15) is 10.4 Å². The van der Waals surface area contributed by atoms with E-state index in [2.05, 4.69) is 27.0 Å². The van der Waals surface area contributed by atoms with Gasteiger partial charge in [-0.2, -0.15) is 0 Å². The summed E-state index contributed by atoms with van der Waals surface area (Å²) in [5.74, 6) is 1.42. The first kappa shape index (κ1) is 16.8. The van der Waals surface area contributed by atoms with E-state index in [1.165, 1.54) is 11.2 Å². The molecule has 0 saturated heterocycles. The maximum atomic E-state index is 5.96. The standard InChI is InChI=1S/C18H13ClIN2O2S/c1-11-6-16-17(21-10-22-18(16)25-11)23-9-15-7-13(8-20-24-15)12-2-4-14(19)5-3-12/h2-8,10H,9H2,1H3/q-1. The van der Waals surface area contributed by atoms with Crippen LogP contribution in [0.3, 0.4) is 0 Å². The predicted molar refractivity (Wildman–Crippen MR) is 96.2 cm³/mol. The van der Waals surface area contributed by atoms with Crippen molar-refractivity contribution >= 4 is 38.7 Å². The third-order valence-electron chi connectivity index (χ3n) is 3.57. The van der Waals surface area contributed by atoms with Gasteiger partial charge in [-0.15, -0.1) is 0 Å². The van der Waals surface area contributed by atoms with Crippen LogP contribution in [0.25, 0.3) is 15.8 Å². The van der Waals surface area contributed by atoms with Gasteiger partial charge in [-0.25, -0.2) is 0 Å². The summed E-state index contributed by atoms with van der Waals surface area (Å²) in [4.78, 5) is 10.7. The fourth-order valence-electron chi connectivity index (χ4n) is 2.42. The van der Waals surface area contributed by atoms with Crippen molar-refractivity contribution in [3.8, 4) is 5.88 Å². The minimum absolute atomic E-state index is 0.353. The molecule has 2 aromatic heterocycles. The van der Waals surface area contributed by atoms with Crippen LogP contribution in [0.5, 0.6) is 5.88 Å². The van der Waals surface area contributed by atoms with Gasteiger partial charge in [0.1, 0.15) is 0 Å². The number of aromatic nitrogens is 2. The number of thiophene rings is 1. The van der Waals surface area contributed by atoms with Crippen LogP contribution in [0.2, 0.25) is 5.02 Å². The second-order valence-electron chi connectivity index (χ2n) is 5.39. The molecular formula is C18H13ClIN2O2S-. The van der Waals surface area contributed by atoms with E-state index in [4.69, 9.17) is 19.4 Å². The number of nitrogens with zero attached hydrogens (tertiary/aromatic N) is 2. The fraction of sp³-hybridized carbons (Fsp3) is 0.111. The maximum absolute atomic E-state index is 5.96. The number of allylic oxidation sites excluding steroid dienone is 2. The molecule has 1 aliphatic rings. The van der Waals surface area contributed by atoms with Gasteiger partial charge in [-0.3, -0.25) is 0 Å². The van der Waals surface area contributed by atoms with Crippen molar-refractivity contribution in [3.63, 3.8) is 0 Å². The number of rotatable bonds is 4. The SMILES string of the molecule is Cc1cc2c(OCC3=CC(c4ccc(Cl)cc4)=C[I-]O3)ncnc2s1. The Bertz CT molecular complexity index is 982. The Morgan fingerprint density at radius 2 is 2.08 bits per heavy atom. The van der Waals surface area contributed by atoms with Gasteiger partial charge in [-0.05, 0) is 0 Å². The molecule has 3 aromatic rings. The van der Waals surface area contributed by atoms with Gasteiger partial charge in [0, 0.05) is 0 Å². The summed E-state index contributed by atoms with van der Waals surface area (Å²) >= 11 is 7.11. The zero-order valence-corrected chi connectivity index (χ0v) is 16.9. The number of fused-ring (bicyclic) bond motifs is 1. The summed E-state index contributed by atoms with van der Waals surface area (Å²) in [5.41, 5.74) is 2.27. The number of aryl methyl sites for hydroxylation is 1. The first-order valence-corrected chi connectivity index (χ1v) is 10.8. The Labute approximate surface area is 165 Å². The summed E-state index contributed by atoms with van der Waals surface area (Å²) in [6, 6.07) is 9.87. The van der Waals surface area contributed by atoms with Crippen molar-refractivity contribution in [2.45, 2.75) is 6.92 Å². The molecule has 0 saturated carbocycles. The molecule has 0 unspecified atom stereocenters. The average molecular weight is 484 g/mol. The Morgan fingerprint density at radius 1 is 1.24 bits per heavy atom. The van der Waals surface area contributed by atoms with Gasteiger partial charge >= 0.3 is 166 Å². The quantitative estimate of drug-likeness (QED) is 0.533. The molecule has 0 amide bonds. The van der Waals surface area contributed by atoms with Crippen LogP contribution in [0.4, 0.5) is 0 Å². The molecule has 4 rings (SSSR count). The van der Waals surface area contributed by atoms with Gasteiger partial charge in [0.05, 0.1) is 0 Å². The number of benzene rings is 1. The number of ether oxygens (including phenoxy) is 1. The molecule has 128 valence electrons. The second-order valence-corrected chi connectivity index (χ2v) is 8.63. The predicted octanol–water partition coefficient (Wildman–Crippen LogP) is 1.99. The third-order valence-corrected chi connectivity index (χ3v) is 6.52. The summed E-state index contributed by atoms with van der Waals surface area (Å²) in [5, 5.41) is 1.68. The van der Waals surface area contributed by atoms with Crippen LogP contribution in [0.15, 0.2) is 52.6 Å². The minimum atomic E-state index is -0.487. The molecule has 7 heteroatoms. The van der Waals surface area contributed by atoms with Gasteiger partial charge in [0.15, 0.2) is 0 Å². The Balaban J connectivity index is 1.52. The first-order valence-electron chi connectivity index (χ1n) is 7.50. The molecule has 0 spiro atoms. The number of halogens is 2. The first-order chi connectivity index (χ1) is 12.2. The molecule has 25 heavy (non-hydrogen) atoms. The van der Waals surface area contributed by atoms with Gasteiger partial charge in [-0.1, -0.05) is 0 Å². The van der Waals surface area contributed by atoms with Crippen molar-refractivity contribution in [1.82, 2.24) is 9.97 Å². The van der Waals surface area contributed by atoms with Gasteiger partial charge < -0.3 is 0 Å². The molecule has 4 nitrogen and oxygen atoms in total. The molecule has 1 aliphatic heterocycles. The molecule has 0 aliphatic carbocycles. The molecule has 0 radical (unpaired) electrons. The van der Waals surface area contributed by atoms with E-state index in [0.717, 1.165) is 32.1 Å². The van der Waals surface area contributed by atoms with Crippen LogP contribution in [0, 0.1) is 6.92 Å². The zero-order valence-electron chi connectivity index (χ0n) is 13.2. The molecule has 0 fully saturated rings. The van der Waals surface area contributed by atoms with E-state index < -0.39 is 21.6 Å². The molecule has 0 atom stereocenters. The number of hydrogen-bond acceptors (Lipinski definition) is 5. The van der Waals surface area contributed by atoms with E-state index in [1.807, 2.05) is 30.3 Å². The van der Waals surface area contributed by atoms with Crippen molar-refractivity contribution < 1.29 is 29.4 Å². The van der Waals surface area contributed by atoms with E-state index in [0.29, 0.717) is 12.5 Å². The summed E-state index contributed by atoms with van der Waals surface area (Å²) in [7, 11) is 0. The van der Waals surface area contributed by atoms with Crippen LogP contribution in [-0.2, 0) is 3.07 Å². The molecule has 1 aromatic carbocycles. The Hall–Kier alpha value is -1.64. The van der Waals surface area contributed by atoms with Crippen LogP contribution in [-0.4, -0.2) is 16.6 Å². The van der Waals surface area contributed by atoms with E-state index in [9.17, 15) is 0 Å². The topological polar surface area (TPSA) is 44.2 Å². The third kappa shape index (κ3) is 3.80.